The van der Waals surface area contributed by atoms with Gasteiger partial charge in [-0.25, -0.2) is 9.79 Å². The summed E-state index contributed by atoms with van der Waals surface area (Å²) in [6.07, 6.45) is 1.69. The molecule has 7 heteroatoms. The van der Waals surface area contributed by atoms with Crippen LogP contribution < -0.4 is 9.47 Å². The van der Waals surface area contributed by atoms with Crippen molar-refractivity contribution < 1.29 is 19.0 Å². The van der Waals surface area contributed by atoms with Gasteiger partial charge in [0.05, 0.1) is 6.61 Å². The van der Waals surface area contributed by atoms with Gasteiger partial charge in [-0.2, -0.15) is 0 Å². The Morgan fingerprint density at radius 1 is 0.906 bits per heavy atom. The summed E-state index contributed by atoms with van der Waals surface area (Å²) in [4.78, 5) is 16.7. The lowest BCUT2D eigenvalue weighted by Crippen LogP contribution is -2.05. The molecule has 0 bridgehead atoms. The van der Waals surface area contributed by atoms with E-state index in [0.29, 0.717) is 30.6 Å². The molecule has 0 saturated carbocycles. The number of benzene rings is 3. The average molecular weight is 651 g/mol. The van der Waals surface area contributed by atoms with Crippen LogP contribution in [0.2, 0.25) is 0 Å². The number of cyclic esters (lactones) is 1. The number of ether oxygens (including phenoxy) is 3. The number of esters is 1. The molecule has 162 valence electrons. The quantitative estimate of drug-likeness (QED) is 0.173. The molecule has 0 saturated heterocycles. The highest BCUT2D eigenvalue weighted by Gasteiger charge is 2.24. The van der Waals surface area contributed by atoms with E-state index >= 15 is 0 Å². The van der Waals surface area contributed by atoms with Crippen molar-refractivity contribution in [2.24, 2.45) is 4.99 Å². The number of aliphatic imine (C=N–C) groups is 1. The summed E-state index contributed by atoms with van der Waals surface area (Å²) in [6.45, 7) is 2.85. The highest BCUT2D eigenvalue weighted by molar-refractivity contribution is 14.1. The van der Waals surface area contributed by atoms with Crippen LogP contribution in [-0.4, -0.2) is 18.5 Å². The molecule has 1 aliphatic heterocycles. The minimum atomic E-state index is -0.476. The van der Waals surface area contributed by atoms with Crippen molar-refractivity contribution in [1.29, 1.82) is 0 Å². The van der Waals surface area contributed by atoms with Gasteiger partial charge >= 0.3 is 5.97 Å². The third-order valence-electron chi connectivity index (χ3n) is 4.59. The summed E-state index contributed by atoms with van der Waals surface area (Å²) in [7, 11) is 0. The average Bonchev–Trinajstić information content (AvgIpc) is 3.15. The third-order valence-corrected chi connectivity index (χ3v) is 6.03. The van der Waals surface area contributed by atoms with Crippen LogP contribution in [0.5, 0.6) is 11.5 Å². The van der Waals surface area contributed by atoms with Crippen LogP contribution >= 0.6 is 45.2 Å². The molecule has 0 fully saturated rings. The van der Waals surface area contributed by atoms with Gasteiger partial charge in [0, 0.05) is 12.7 Å². The van der Waals surface area contributed by atoms with Crippen LogP contribution in [0.1, 0.15) is 23.6 Å². The normalized spacial score (nSPS) is 14.3. The van der Waals surface area contributed by atoms with Gasteiger partial charge in [0.15, 0.2) is 17.2 Å². The third kappa shape index (κ3) is 5.69. The van der Waals surface area contributed by atoms with E-state index in [2.05, 4.69) is 50.2 Å². The molecule has 1 aliphatic rings. The number of halogens is 2. The van der Waals surface area contributed by atoms with Crippen LogP contribution in [-0.2, 0) is 16.1 Å². The number of hydrogen-bond acceptors (Lipinski definition) is 5. The first-order chi connectivity index (χ1) is 15.5. The lowest BCUT2D eigenvalue weighted by atomic mass is 10.1. The van der Waals surface area contributed by atoms with Crippen molar-refractivity contribution in [2.45, 2.75) is 13.5 Å². The molecule has 3 aromatic rings. The molecule has 32 heavy (non-hydrogen) atoms. The Morgan fingerprint density at radius 2 is 1.59 bits per heavy atom. The SMILES string of the molecule is CCOc1cc(/C=C2\N=C(c3ccc(I)cc3)OC2=O)ccc1OCc1ccc(I)cc1. The Labute approximate surface area is 213 Å². The number of carbonyl (C=O) groups excluding carboxylic acids is 1. The van der Waals surface area contributed by atoms with Gasteiger partial charge in [0.25, 0.3) is 0 Å². The zero-order valence-corrected chi connectivity index (χ0v) is 21.5. The van der Waals surface area contributed by atoms with E-state index in [1.807, 2.05) is 73.7 Å². The van der Waals surface area contributed by atoms with E-state index in [1.54, 1.807) is 6.08 Å². The van der Waals surface area contributed by atoms with Crippen molar-refractivity contribution in [2.75, 3.05) is 6.61 Å². The van der Waals surface area contributed by atoms with Crippen LogP contribution in [0.15, 0.2) is 77.4 Å². The van der Waals surface area contributed by atoms with E-state index in [0.717, 1.165) is 20.3 Å². The highest BCUT2D eigenvalue weighted by atomic mass is 127. The van der Waals surface area contributed by atoms with Crippen LogP contribution in [0.4, 0.5) is 0 Å². The maximum atomic E-state index is 12.3. The van der Waals surface area contributed by atoms with E-state index < -0.39 is 5.97 Å². The highest BCUT2D eigenvalue weighted by Crippen LogP contribution is 2.31. The minimum absolute atomic E-state index is 0.244. The van der Waals surface area contributed by atoms with Crippen molar-refractivity contribution in [1.82, 2.24) is 0 Å². The monoisotopic (exact) mass is 651 g/mol. The summed E-state index contributed by atoms with van der Waals surface area (Å²) in [5.41, 5.74) is 2.85. The van der Waals surface area contributed by atoms with Crippen molar-refractivity contribution in [3.63, 3.8) is 0 Å². The smallest absolute Gasteiger partial charge is 0.363 e. The first kappa shape index (κ1) is 22.8. The molecule has 0 radical (unpaired) electrons. The second-order valence-electron chi connectivity index (χ2n) is 6.90. The number of hydrogen-bond donors (Lipinski definition) is 0. The molecule has 4 rings (SSSR count). The summed E-state index contributed by atoms with van der Waals surface area (Å²) in [6, 6.07) is 21.4. The Kier molecular flexibility index (Phi) is 7.46. The van der Waals surface area contributed by atoms with Gasteiger partial charge in [-0.05, 0) is 118 Å². The van der Waals surface area contributed by atoms with Crippen LogP contribution in [0, 0.1) is 7.14 Å². The molecule has 0 amide bonds. The zero-order valence-electron chi connectivity index (χ0n) is 17.2. The standard InChI is InChI=1S/C25H19I2NO4/c1-2-30-23-14-17(5-12-22(23)31-15-16-3-8-19(26)9-4-16)13-21-25(29)32-24(28-21)18-6-10-20(27)11-7-18/h3-14H,2,15H2,1H3/b21-13-. The molecule has 0 spiro atoms. The molecule has 1 heterocycles. The Morgan fingerprint density at radius 3 is 2.28 bits per heavy atom. The molecule has 5 nitrogen and oxygen atoms in total. The maximum absolute atomic E-state index is 12.3. The summed E-state index contributed by atoms with van der Waals surface area (Å²) in [5.74, 6) is 1.08. The van der Waals surface area contributed by atoms with Crippen molar-refractivity contribution in [3.05, 3.63) is 96.3 Å². The first-order valence-corrected chi connectivity index (χ1v) is 12.1. The minimum Gasteiger partial charge on any atom is -0.490 e. The lowest BCUT2D eigenvalue weighted by molar-refractivity contribution is -0.129. The fourth-order valence-electron chi connectivity index (χ4n) is 3.03. The van der Waals surface area contributed by atoms with Crippen molar-refractivity contribution >= 4 is 63.1 Å². The molecule has 0 unspecified atom stereocenters. The number of nitrogens with zero attached hydrogens (tertiary/aromatic N) is 1. The largest absolute Gasteiger partial charge is 0.490 e. The van der Waals surface area contributed by atoms with Gasteiger partial charge in [-0.1, -0.05) is 18.2 Å². The molecular weight excluding hydrogens is 632 g/mol. The summed E-state index contributed by atoms with van der Waals surface area (Å²) in [5, 5.41) is 0. The second kappa shape index (κ2) is 10.5. The fourth-order valence-corrected chi connectivity index (χ4v) is 3.75. The van der Waals surface area contributed by atoms with Gasteiger partial charge in [-0.15, -0.1) is 0 Å². The van der Waals surface area contributed by atoms with E-state index in [4.69, 9.17) is 14.2 Å². The summed E-state index contributed by atoms with van der Waals surface area (Å²) < 4.78 is 19.4. The maximum Gasteiger partial charge on any atom is 0.363 e. The molecule has 3 aromatic carbocycles. The zero-order chi connectivity index (χ0) is 22.5. The lowest BCUT2D eigenvalue weighted by Gasteiger charge is -2.13. The number of carbonyl (C=O) groups is 1. The summed E-state index contributed by atoms with van der Waals surface area (Å²) >= 11 is 4.50. The van der Waals surface area contributed by atoms with Crippen LogP contribution in [0.25, 0.3) is 6.08 Å². The first-order valence-electron chi connectivity index (χ1n) is 9.94. The molecule has 0 aliphatic carbocycles. The molecule has 0 aromatic heterocycles. The molecule has 0 atom stereocenters. The second-order valence-corrected chi connectivity index (χ2v) is 9.39. The Hall–Kier alpha value is -2.40. The fraction of sp³-hybridized carbons (Fsp3) is 0.120. The Bertz CT molecular complexity index is 1190. The predicted molar refractivity (Wildman–Crippen MR) is 141 cm³/mol. The van der Waals surface area contributed by atoms with Crippen LogP contribution in [0.3, 0.4) is 0 Å². The van der Waals surface area contributed by atoms with Gasteiger partial charge in [0.2, 0.25) is 5.90 Å². The van der Waals surface area contributed by atoms with E-state index in [9.17, 15) is 4.79 Å². The topological polar surface area (TPSA) is 57.1 Å². The van der Waals surface area contributed by atoms with Gasteiger partial charge in [-0.3, -0.25) is 0 Å². The molecule has 0 N–H and O–H groups in total. The van der Waals surface area contributed by atoms with E-state index in [1.165, 1.54) is 3.57 Å². The van der Waals surface area contributed by atoms with Gasteiger partial charge < -0.3 is 14.2 Å². The predicted octanol–water partition coefficient (Wildman–Crippen LogP) is 6.22. The van der Waals surface area contributed by atoms with Crippen molar-refractivity contribution in [3.8, 4) is 11.5 Å². The Balaban J connectivity index is 1.54. The van der Waals surface area contributed by atoms with Gasteiger partial charge in [0.1, 0.15) is 6.61 Å². The van der Waals surface area contributed by atoms with E-state index in [-0.39, 0.29) is 5.70 Å². The molecular formula is C25H19I2NO4. The number of rotatable bonds is 7.